The molecular weight excluding hydrogens is 248 g/mol. The number of thioether (sulfide) groups is 1. The third kappa shape index (κ3) is 3.22. The van der Waals surface area contributed by atoms with E-state index in [0.29, 0.717) is 12.2 Å². The van der Waals surface area contributed by atoms with Gasteiger partial charge in [0.2, 0.25) is 0 Å². The van der Waals surface area contributed by atoms with E-state index in [1.807, 2.05) is 13.2 Å². The summed E-state index contributed by atoms with van der Waals surface area (Å²) in [6, 6.07) is 2.23. The van der Waals surface area contributed by atoms with Crippen LogP contribution in [0.4, 0.5) is 0 Å². The first kappa shape index (κ1) is 15.0. The lowest BCUT2D eigenvalue weighted by molar-refractivity contribution is -0.0395. The predicted molar refractivity (Wildman–Crippen MR) is 71.5 cm³/mol. The van der Waals surface area contributed by atoms with Crippen molar-refractivity contribution in [1.82, 2.24) is 4.98 Å². The van der Waals surface area contributed by atoms with Crippen molar-refractivity contribution in [1.29, 1.82) is 5.26 Å². The van der Waals surface area contributed by atoms with Gasteiger partial charge >= 0.3 is 0 Å². The van der Waals surface area contributed by atoms with Crippen LogP contribution in [0.2, 0.25) is 0 Å². The Bertz CT molecular complexity index is 455. The Balaban J connectivity index is 3.18. The van der Waals surface area contributed by atoms with E-state index in [4.69, 9.17) is 9.47 Å². The molecule has 1 rings (SSSR count). The van der Waals surface area contributed by atoms with E-state index in [-0.39, 0.29) is 6.79 Å². The van der Waals surface area contributed by atoms with Crippen LogP contribution in [0.3, 0.4) is 0 Å². The Morgan fingerprint density at radius 2 is 2.17 bits per heavy atom. The van der Waals surface area contributed by atoms with Crippen molar-refractivity contribution in [2.75, 3.05) is 20.2 Å². The molecule has 0 unspecified atom stereocenters. The minimum Gasteiger partial charge on any atom is -0.359 e. The van der Waals surface area contributed by atoms with Crippen molar-refractivity contribution < 1.29 is 9.47 Å². The fourth-order valence-corrected chi connectivity index (χ4v) is 2.37. The lowest BCUT2D eigenvalue weighted by Crippen LogP contribution is -2.08. The maximum Gasteiger partial charge on any atom is 0.146 e. The highest BCUT2D eigenvalue weighted by Gasteiger charge is 2.15. The SMILES string of the molecule is CCc1nc(SC)c(C#N)c(C)c1COCOC. The summed E-state index contributed by atoms with van der Waals surface area (Å²) < 4.78 is 10.3. The second kappa shape index (κ2) is 7.37. The highest BCUT2D eigenvalue weighted by Crippen LogP contribution is 2.26. The molecular formula is C13H18N2O2S. The Kier molecular flexibility index (Phi) is 6.13. The number of hydrogen-bond donors (Lipinski definition) is 0. The van der Waals surface area contributed by atoms with E-state index in [1.165, 1.54) is 11.8 Å². The van der Waals surface area contributed by atoms with Crippen molar-refractivity contribution >= 4 is 11.8 Å². The van der Waals surface area contributed by atoms with E-state index in [1.54, 1.807) is 7.11 Å². The van der Waals surface area contributed by atoms with Gasteiger partial charge in [0.05, 0.1) is 12.2 Å². The van der Waals surface area contributed by atoms with Crippen LogP contribution < -0.4 is 0 Å². The van der Waals surface area contributed by atoms with Gasteiger partial charge in [-0.3, -0.25) is 0 Å². The number of hydrogen-bond acceptors (Lipinski definition) is 5. The van der Waals surface area contributed by atoms with Crippen LogP contribution in [0.5, 0.6) is 0 Å². The van der Waals surface area contributed by atoms with Gasteiger partial charge in [0, 0.05) is 18.4 Å². The zero-order chi connectivity index (χ0) is 13.5. The lowest BCUT2D eigenvalue weighted by Gasteiger charge is -2.14. The fourth-order valence-electron chi connectivity index (χ4n) is 1.76. The van der Waals surface area contributed by atoms with Crippen LogP contribution in [0.25, 0.3) is 0 Å². The van der Waals surface area contributed by atoms with Crippen LogP contribution in [-0.2, 0) is 22.5 Å². The van der Waals surface area contributed by atoms with Crippen molar-refractivity contribution in [3.05, 3.63) is 22.4 Å². The zero-order valence-corrected chi connectivity index (χ0v) is 12.1. The average molecular weight is 266 g/mol. The van der Waals surface area contributed by atoms with Gasteiger partial charge in [-0.25, -0.2) is 4.98 Å². The van der Waals surface area contributed by atoms with Gasteiger partial charge in [0.15, 0.2) is 0 Å². The summed E-state index contributed by atoms with van der Waals surface area (Å²) in [7, 11) is 1.59. The zero-order valence-electron chi connectivity index (χ0n) is 11.2. The van der Waals surface area contributed by atoms with Gasteiger partial charge in [0.1, 0.15) is 17.9 Å². The molecule has 0 saturated heterocycles. The molecule has 4 nitrogen and oxygen atoms in total. The number of nitrogens with zero attached hydrogens (tertiary/aromatic N) is 2. The average Bonchev–Trinajstić information content (AvgIpc) is 2.39. The summed E-state index contributed by atoms with van der Waals surface area (Å²) in [5.41, 5.74) is 3.61. The maximum atomic E-state index is 9.22. The Morgan fingerprint density at radius 1 is 1.44 bits per heavy atom. The normalized spacial score (nSPS) is 10.4. The summed E-state index contributed by atoms with van der Waals surface area (Å²) in [6.07, 6.45) is 2.76. The molecule has 0 aliphatic carbocycles. The number of rotatable bonds is 6. The van der Waals surface area contributed by atoms with E-state index in [0.717, 1.165) is 28.3 Å². The van der Waals surface area contributed by atoms with Crippen LogP contribution in [0, 0.1) is 18.3 Å². The Hall–Kier alpha value is -1.09. The lowest BCUT2D eigenvalue weighted by atomic mass is 10.0. The standard InChI is InChI=1S/C13H18N2O2S/c1-5-12-11(7-17-8-16-3)9(2)10(6-14)13(15-12)18-4/h5,7-8H2,1-4H3. The molecule has 18 heavy (non-hydrogen) atoms. The number of aromatic nitrogens is 1. The van der Waals surface area contributed by atoms with E-state index >= 15 is 0 Å². The third-order valence-corrected chi connectivity index (χ3v) is 3.40. The summed E-state index contributed by atoms with van der Waals surface area (Å²) in [5.74, 6) is 0. The Labute approximate surface area is 112 Å². The molecule has 0 aliphatic rings. The topological polar surface area (TPSA) is 55.1 Å². The van der Waals surface area contributed by atoms with Crippen LogP contribution in [-0.4, -0.2) is 25.1 Å². The number of ether oxygens (including phenoxy) is 2. The smallest absolute Gasteiger partial charge is 0.146 e. The second-order valence-corrected chi connectivity index (χ2v) is 4.56. The van der Waals surface area contributed by atoms with E-state index < -0.39 is 0 Å². The largest absolute Gasteiger partial charge is 0.359 e. The van der Waals surface area contributed by atoms with E-state index in [2.05, 4.69) is 18.0 Å². The molecule has 0 radical (unpaired) electrons. The van der Waals surface area contributed by atoms with Gasteiger partial charge in [-0.15, -0.1) is 11.8 Å². The van der Waals surface area contributed by atoms with Crippen molar-refractivity contribution in [3.63, 3.8) is 0 Å². The van der Waals surface area contributed by atoms with Gasteiger partial charge in [-0.1, -0.05) is 6.92 Å². The Morgan fingerprint density at radius 3 is 2.67 bits per heavy atom. The summed E-state index contributed by atoms with van der Waals surface area (Å²) >= 11 is 1.50. The molecule has 1 aromatic rings. The summed E-state index contributed by atoms with van der Waals surface area (Å²) in [4.78, 5) is 4.54. The molecule has 0 aromatic carbocycles. The van der Waals surface area contributed by atoms with Gasteiger partial charge in [-0.05, 0) is 25.2 Å². The highest BCUT2D eigenvalue weighted by molar-refractivity contribution is 7.98. The van der Waals surface area contributed by atoms with Crippen LogP contribution in [0.15, 0.2) is 5.03 Å². The first-order valence-electron chi connectivity index (χ1n) is 5.72. The first-order chi connectivity index (χ1) is 8.69. The van der Waals surface area contributed by atoms with Crippen molar-refractivity contribution in [2.24, 2.45) is 0 Å². The van der Waals surface area contributed by atoms with E-state index in [9.17, 15) is 5.26 Å². The summed E-state index contributed by atoms with van der Waals surface area (Å²) in [6.45, 7) is 4.68. The van der Waals surface area contributed by atoms with Crippen LogP contribution >= 0.6 is 11.8 Å². The quantitative estimate of drug-likeness (QED) is 0.450. The molecule has 0 amide bonds. The van der Waals surface area contributed by atoms with Gasteiger partial charge in [0.25, 0.3) is 0 Å². The molecule has 0 fully saturated rings. The third-order valence-electron chi connectivity index (χ3n) is 2.71. The summed E-state index contributed by atoms with van der Waals surface area (Å²) in [5, 5.41) is 10.0. The number of methoxy groups -OCH3 is 1. The minimum atomic E-state index is 0.245. The first-order valence-corrected chi connectivity index (χ1v) is 6.95. The number of pyridine rings is 1. The van der Waals surface area contributed by atoms with Crippen molar-refractivity contribution in [3.8, 4) is 6.07 Å². The monoisotopic (exact) mass is 266 g/mol. The highest BCUT2D eigenvalue weighted by atomic mass is 32.2. The number of aryl methyl sites for hydroxylation is 1. The van der Waals surface area contributed by atoms with Crippen LogP contribution in [0.1, 0.15) is 29.3 Å². The molecule has 1 aromatic heterocycles. The molecule has 5 heteroatoms. The van der Waals surface area contributed by atoms with Gasteiger partial charge < -0.3 is 9.47 Å². The molecule has 0 bridgehead atoms. The molecule has 0 saturated carbocycles. The molecule has 0 aliphatic heterocycles. The second-order valence-electron chi connectivity index (χ2n) is 3.77. The predicted octanol–water partition coefficient (Wildman–Crippen LogP) is 2.67. The van der Waals surface area contributed by atoms with Gasteiger partial charge in [-0.2, -0.15) is 5.26 Å². The maximum absolute atomic E-state index is 9.22. The minimum absolute atomic E-state index is 0.245. The molecule has 1 heterocycles. The van der Waals surface area contributed by atoms with Crippen molar-refractivity contribution in [2.45, 2.75) is 31.9 Å². The molecule has 98 valence electrons. The number of nitriles is 1. The molecule has 0 spiro atoms. The fraction of sp³-hybridized carbons (Fsp3) is 0.538. The molecule has 0 atom stereocenters. The molecule has 0 N–H and O–H groups in total.